The van der Waals surface area contributed by atoms with Crippen molar-refractivity contribution in [2.75, 3.05) is 38.6 Å². The van der Waals surface area contributed by atoms with E-state index in [0.717, 1.165) is 34.6 Å². The third-order valence-corrected chi connectivity index (χ3v) is 6.22. The predicted molar refractivity (Wildman–Crippen MR) is 121 cm³/mol. The van der Waals surface area contributed by atoms with Crippen molar-refractivity contribution >= 4 is 35.3 Å². The van der Waals surface area contributed by atoms with E-state index in [1.807, 2.05) is 49.5 Å². The largest absolute Gasteiger partial charge is 0.347 e. The number of carbonyl (C=O) groups is 3. The molecule has 9 heteroatoms. The van der Waals surface area contributed by atoms with Gasteiger partial charge in [-0.2, -0.15) is 0 Å². The fraction of sp³-hybridized carbons (Fsp3) is 0.435. The van der Waals surface area contributed by atoms with Gasteiger partial charge in [0, 0.05) is 62.7 Å². The average Bonchev–Trinajstić information content (AvgIpc) is 3.11. The van der Waals surface area contributed by atoms with Crippen LogP contribution in [0, 0.1) is 0 Å². The zero-order chi connectivity index (χ0) is 22.8. The van der Waals surface area contributed by atoms with E-state index in [0.29, 0.717) is 24.1 Å². The van der Waals surface area contributed by atoms with Crippen molar-refractivity contribution in [3.8, 4) is 11.1 Å². The molecule has 0 spiro atoms. The molecule has 0 aliphatic carbocycles. The summed E-state index contributed by atoms with van der Waals surface area (Å²) in [5, 5.41) is 0.654. The highest BCUT2D eigenvalue weighted by atomic mass is 35.5. The minimum absolute atomic E-state index is 0.0186. The van der Waals surface area contributed by atoms with Gasteiger partial charge in [-0.25, -0.2) is 9.97 Å². The third-order valence-electron chi connectivity index (χ3n) is 5.97. The molecule has 3 heterocycles. The van der Waals surface area contributed by atoms with Gasteiger partial charge in [0.1, 0.15) is 6.54 Å². The number of imide groups is 1. The van der Waals surface area contributed by atoms with E-state index in [9.17, 15) is 14.4 Å². The molecule has 2 aliphatic rings. The lowest BCUT2D eigenvalue weighted by atomic mass is 9.90. The van der Waals surface area contributed by atoms with Crippen molar-refractivity contribution in [3.05, 3.63) is 41.2 Å². The van der Waals surface area contributed by atoms with Gasteiger partial charge in [0.2, 0.25) is 23.7 Å². The molecule has 1 aromatic carbocycles. The lowest BCUT2D eigenvalue weighted by molar-refractivity contribution is -0.146. The summed E-state index contributed by atoms with van der Waals surface area (Å²) in [7, 11) is 3.78. The quantitative estimate of drug-likeness (QED) is 0.644. The highest BCUT2D eigenvalue weighted by molar-refractivity contribution is 6.30. The van der Waals surface area contributed by atoms with Crippen molar-refractivity contribution in [1.29, 1.82) is 0 Å². The molecule has 168 valence electrons. The Morgan fingerprint density at radius 2 is 1.84 bits per heavy atom. The van der Waals surface area contributed by atoms with Crippen LogP contribution in [-0.4, -0.2) is 71.2 Å². The molecular formula is C23H26ClN5O3. The maximum atomic E-state index is 12.9. The van der Waals surface area contributed by atoms with E-state index in [1.54, 1.807) is 4.90 Å². The first-order valence-electron chi connectivity index (χ1n) is 10.7. The van der Waals surface area contributed by atoms with Crippen LogP contribution < -0.4 is 4.90 Å². The molecular weight excluding hydrogens is 430 g/mol. The topological polar surface area (TPSA) is 86.7 Å². The summed E-state index contributed by atoms with van der Waals surface area (Å²) < 4.78 is 0. The Balaban J connectivity index is 1.59. The first-order valence-corrected chi connectivity index (χ1v) is 11.1. The number of nitrogens with zero attached hydrogens (tertiary/aromatic N) is 5. The minimum atomic E-state index is -0.270. The molecule has 0 unspecified atom stereocenters. The molecule has 8 nitrogen and oxygen atoms in total. The monoisotopic (exact) mass is 455 g/mol. The fourth-order valence-electron chi connectivity index (χ4n) is 4.23. The number of aromatic nitrogens is 2. The van der Waals surface area contributed by atoms with Gasteiger partial charge in [0.05, 0.1) is 5.69 Å². The van der Waals surface area contributed by atoms with Crippen LogP contribution in [0.2, 0.25) is 5.02 Å². The van der Waals surface area contributed by atoms with E-state index >= 15 is 0 Å². The van der Waals surface area contributed by atoms with Gasteiger partial charge >= 0.3 is 0 Å². The van der Waals surface area contributed by atoms with Crippen LogP contribution in [-0.2, 0) is 14.4 Å². The number of piperidine rings is 1. The molecule has 1 atom stereocenters. The Morgan fingerprint density at radius 3 is 2.50 bits per heavy atom. The summed E-state index contributed by atoms with van der Waals surface area (Å²) >= 11 is 6.06. The Labute approximate surface area is 192 Å². The number of anilines is 1. The Hall–Kier alpha value is -3.00. The normalized spacial score (nSPS) is 18.9. The minimum Gasteiger partial charge on any atom is -0.347 e. The number of benzene rings is 1. The van der Waals surface area contributed by atoms with Crippen LogP contribution in [0.4, 0.5) is 5.95 Å². The number of amides is 3. The fourth-order valence-corrected chi connectivity index (χ4v) is 4.35. The van der Waals surface area contributed by atoms with Gasteiger partial charge in [-0.05, 0) is 30.5 Å². The van der Waals surface area contributed by atoms with Crippen molar-refractivity contribution in [1.82, 2.24) is 19.8 Å². The molecule has 0 bridgehead atoms. The molecule has 2 saturated heterocycles. The number of hydrogen-bond acceptors (Lipinski definition) is 6. The van der Waals surface area contributed by atoms with E-state index < -0.39 is 0 Å². The molecule has 2 aliphatic heterocycles. The smallest absolute Gasteiger partial charge is 0.242 e. The second-order valence-electron chi connectivity index (χ2n) is 8.42. The molecule has 2 aromatic rings. The van der Waals surface area contributed by atoms with E-state index in [1.165, 1.54) is 0 Å². The second-order valence-corrected chi connectivity index (χ2v) is 8.86. The Morgan fingerprint density at radius 1 is 1.16 bits per heavy atom. The zero-order valence-electron chi connectivity index (χ0n) is 18.3. The molecule has 0 radical (unpaired) electrons. The highest BCUT2D eigenvalue weighted by Gasteiger charge is 2.34. The number of halogens is 1. The van der Waals surface area contributed by atoms with Crippen molar-refractivity contribution in [2.45, 2.75) is 31.6 Å². The Bertz CT molecular complexity index is 1020. The van der Waals surface area contributed by atoms with Crippen LogP contribution in [0.25, 0.3) is 11.1 Å². The van der Waals surface area contributed by atoms with Gasteiger partial charge < -0.3 is 9.80 Å². The summed E-state index contributed by atoms with van der Waals surface area (Å²) in [6.45, 7) is 0.911. The van der Waals surface area contributed by atoms with Crippen LogP contribution in [0.5, 0.6) is 0 Å². The highest BCUT2D eigenvalue weighted by Crippen LogP contribution is 2.34. The van der Waals surface area contributed by atoms with Crippen LogP contribution >= 0.6 is 11.6 Å². The summed E-state index contributed by atoms with van der Waals surface area (Å²) in [5.74, 6) is -0.116. The van der Waals surface area contributed by atoms with Crippen molar-refractivity contribution in [2.24, 2.45) is 0 Å². The van der Waals surface area contributed by atoms with Gasteiger partial charge in [0.15, 0.2) is 0 Å². The molecule has 2 fully saturated rings. The van der Waals surface area contributed by atoms with Gasteiger partial charge in [-0.15, -0.1) is 0 Å². The molecule has 0 N–H and O–H groups in total. The molecule has 1 aromatic heterocycles. The van der Waals surface area contributed by atoms with E-state index in [4.69, 9.17) is 16.6 Å². The number of rotatable bonds is 5. The number of hydrogen-bond donors (Lipinski definition) is 0. The van der Waals surface area contributed by atoms with Gasteiger partial charge in [0.25, 0.3) is 0 Å². The Kier molecular flexibility index (Phi) is 6.41. The molecule has 0 saturated carbocycles. The zero-order valence-corrected chi connectivity index (χ0v) is 19.0. The van der Waals surface area contributed by atoms with Crippen LogP contribution in [0.1, 0.15) is 37.3 Å². The summed E-state index contributed by atoms with van der Waals surface area (Å²) in [6, 6.07) is 7.55. The van der Waals surface area contributed by atoms with Crippen molar-refractivity contribution in [3.63, 3.8) is 0 Å². The lowest BCUT2D eigenvalue weighted by Gasteiger charge is -2.34. The third kappa shape index (κ3) is 4.60. The molecule has 3 amide bonds. The summed E-state index contributed by atoms with van der Waals surface area (Å²) in [5.41, 5.74) is 2.76. The summed E-state index contributed by atoms with van der Waals surface area (Å²) in [6.07, 6.45) is 3.90. The predicted octanol–water partition coefficient (Wildman–Crippen LogP) is 2.72. The van der Waals surface area contributed by atoms with Gasteiger partial charge in [-0.3, -0.25) is 19.3 Å². The SMILES string of the molecule is CN(C)c1ncc(-c2ccc(Cl)cc2)c([C@@H]2CCCN(C(=O)CN3C(=O)CCC3=O)C2)n1. The maximum Gasteiger partial charge on any atom is 0.242 e. The van der Waals surface area contributed by atoms with Crippen molar-refractivity contribution < 1.29 is 14.4 Å². The first-order chi connectivity index (χ1) is 15.3. The maximum absolute atomic E-state index is 12.9. The lowest BCUT2D eigenvalue weighted by Crippen LogP contribution is -2.46. The average molecular weight is 456 g/mol. The van der Waals surface area contributed by atoms with Gasteiger partial charge in [-0.1, -0.05) is 23.7 Å². The van der Waals surface area contributed by atoms with E-state index in [2.05, 4.69) is 4.98 Å². The first kappa shape index (κ1) is 22.2. The summed E-state index contributed by atoms with van der Waals surface area (Å²) in [4.78, 5) is 50.8. The van der Waals surface area contributed by atoms with Crippen LogP contribution in [0.3, 0.4) is 0 Å². The molecule has 4 rings (SSSR count). The second kappa shape index (κ2) is 9.24. The molecule has 32 heavy (non-hydrogen) atoms. The van der Waals surface area contributed by atoms with Crippen LogP contribution in [0.15, 0.2) is 30.5 Å². The standard InChI is InChI=1S/C23H26ClN5O3/c1-27(2)23-25-12-18(15-5-7-17(24)8-6-15)22(26-23)16-4-3-11-28(13-16)21(32)14-29-19(30)9-10-20(29)31/h5-8,12,16H,3-4,9-11,13-14H2,1-2H3/t16-/m1/s1. The number of carbonyl (C=O) groups excluding carboxylic acids is 3. The number of likely N-dealkylation sites (tertiary alicyclic amines) is 2. The van der Waals surface area contributed by atoms with E-state index in [-0.39, 0.29) is 43.0 Å².